The molecule has 0 spiro atoms. The topological polar surface area (TPSA) is 69.3 Å². The van der Waals surface area contributed by atoms with Crippen molar-refractivity contribution in [3.8, 4) is 0 Å². The summed E-state index contributed by atoms with van der Waals surface area (Å²) < 4.78 is 1.83. The lowest BCUT2D eigenvalue weighted by molar-refractivity contribution is 1.14. The summed E-state index contributed by atoms with van der Waals surface area (Å²) in [5.74, 6) is 0.510. The molecule has 4 N–H and O–H groups in total. The zero-order chi connectivity index (χ0) is 7.84. The summed E-state index contributed by atoms with van der Waals surface area (Å²) in [4.78, 5) is 4.06. The molecule has 4 heteroatoms. The van der Waals surface area contributed by atoms with Gasteiger partial charge in [-0.15, -0.1) is 0 Å². The maximum Gasteiger partial charge on any atom is 0.141 e. The molecule has 2 rings (SSSR count). The highest BCUT2D eigenvalue weighted by Gasteiger charge is 1.95. The molecular formula is C7H8N4. The molecule has 2 aromatic rings. The van der Waals surface area contributed by atoms with Crippen LogP contribution in [0.1, 0.15) is 0 Å². The minimum absolute atomic E-state index is 0.510. The van der Waals surface area contributed by atoms with Gasteiger partial charge in [0, 0.05) is 18.5 Å². The van der Waals surface area contributed by atoms with E-state index in [1.54, 1.807) is 18.3 Å². The van der Waals surface area contributed by atoms with Crippen molar-refractivity contribution < 1.29 is 0 Å². The maximum atomic E-state index is 5.54. The molecule has 2 aromatic heterocycles. The molecule has 0 aliphatic rings. The number of fused-ring (bicyclic) bond motifs is 1. The average molecular weight is 148 g/mol. The molecule has 4 nitrogen and oxygen atoms in total. The third-order valence-corrected chi connectivity index (χ3v) is 1.50. The second-order valence-electron chi connectivity index (χ2n) is 2.39. The molecule has 0 unspecified atom stereocenters. The van der Waals surface area contributed by atoms with E-state index in [1.807, 2.05) is 10.6 Å². The lowest BCUT2D eigenvalue weighted by Gasteiger charge is -1.93. The van der Waals surface area contributed by atoms with Gasteiger partial charge < -0.3 is 15.9 Å². The molecule has 0 bridgehead atoms. The second-order valence-corrected chi connectivity index (χ2v) is 2.39. The lowest BCUT2D eigenvalue weighted by atomic mass is 10.5. The van der Waals surface area contributed by atoms with Crippen molar-refractivity contribution in [2.45, 2.75) is 0 Å². The van der Waals surface area contributed by atoms with Crippen LogP contribution in [0.2, 0.25) is 0 Å². The zero-order valence-electron chi connectivity index (χ0n) is 5.86. The number of hydrogen-bond donors (Lipinski definition) is 2. The number of nitrogen functional groups attached to an aromatic ring is 2. The molecule has 56 valence electrons. The number of aromatic nitrogens is 2. The highest BCUT2D eigenvalue weighted by atomic mass is 15.0. The Labute approximate surface area is 63.4 Å². The first-order chi connectivity index (χ1) is 5.25. The molecule has 0 aliphatic carbocycles. The first-order valence-electron chi connectivity index (χ1n) is 3.25. The van der Waals surface area contributed by atoms with Crippen LogP contribution in [0.15, 0.2) is 24.5 Å². The molecule has 0 saturated heterocycles. The lowest BCUT2D eigenvalue weighted by Crippen LogP contribution is -1.92. The van der Waals surface area contributed by atoms with Crippen molar-refractivity contribution in [1.29, 1.82) is 0 Å². The van der Waals surface area contributed by atoms with E-state index in [4.69, 9.17) is 11.5 Å². The fourth-order valence-corrected chi connectivity index (χ4v) is 1.02. The number of rotatable bonds is 0. The quantitative estimate of drug-likeness (QED) is 0.571. The predicted octanol–water partition coefficient (Wildman–Crippen LogP) is 0.499. The van der Waals surface area contributed by atoms with Crippen LogP contribution in [0.25, 0.3) is 5.65 Å². The van der Waals surface area contributed by atoms with Crippen LogP contribution in [0.5, 0.6) is 0 Å². The van der Waals surface area contributed by atoms with Gasteiger partial charge in [0.2, 0.25) is 0 Å². The number of nitrogens with zero attached hydrogens (tertiary/aromatic N) is 2. The van der Waals surface area contributed by atoms with Crippen molar-refractivity contribution in [2.24, 2.45) is 0 Å². The highest BCUT2D eigenvalue weighted by Crippen LogP contribution is 2.09. The second kappa shape index (κ2) is 1.88. The molecule has 0 fully saturated rings. The molecule has 11 heavy (non-hydrogen) atoms. The van der Waals surface area contributed by atoms with E-state index in [2.05, 4.69) is 4.98 Å². The van der Waals surface area contributed by atoms with E-state index in [9.17, 15) is 0 Å². The van der Waals surface area contributed by atoms with Gasteiger partial charge in [-0.05, 0) is 6.07 Å². The summed E-state index contributed by atoms with van der Waals surface area (Å²) in [5, 5.41) is 0. The Balaban J connectivity index is 2.82. The van der Waals surface area contributed by atoms with Crippen molar-refractivity contribution in [3.05, 3.63) is 24.5 Å². The van der Waals surface area contributed by atoms with E-state index in [-0.39, 0.29) is 0 Å². The van der Waals surface area contributed by atoms with Crippen LogP contribution in [0.4, 0.5) is 11.5 Å². The average Bonchev–Trinajstić information content (AvgIpc) is 2.27. The Kier molecular flexibility index (Phi) is 1.03. The van der Waals surface area contributed by atoms with Crippen molar-refractivity contribution in [2.75, 3.05) is 11.5 Å². The highest BCUT2D eigenvalue weighted by molar-refractivity contribution is 5.55. The standard InChI is InChI=1S/C7H8N4/c8-5-3-7-10-6(9)1-2-11(7)4-5/h1-4H,8H2,(H2,9,10). The van der Waals surface area contributed by atoms with Gasteiger partial charge in [-0.1, -0.05) is 0 Å². The van der Waals surface area contributed by atoms with Gasteiger partial charge in [0.15, 0.2) is 0 Å². The Bertz CT molecular complexity index is 390. The normalized spacial score (nSPS) is 10.5. The van der Waals surface area contributed by atoms with E-state index in [0.717, 1.165) is 5.65 Å². The molecular weight excluding hydrogens is 140 g/mol. The largest absolute Gasteiger partial charge is 0.397 e. The predicted molar refractivity (Wildman–Crippen MR) is 44.0 cm³/mol. The van der Waals surface area contributed by atoms with Crippen LogP contribution < -0.4 is 11.5 Å². The van der Waals surface area contributed by atoms with Crippen molar-refractivity contribution >= 4 is 17.2 Å². The van der Waals surface area contributed by atoms with Crippen LogP contribution in [0, 0.1) is 0 Å². The van der Waals surface area contributed by atoms with E-state index >= 15 is 0 Å². The maximum absolute atomic E-state index is 5.54. The van der Waals surface area contributed by atoms with Crippen LogP contribution in [-0.2, 0) is 0 Å². The minimum Gasteiger partial charge on any atom is -0.397 e. The molecule has 0 aliphatic heterocycles. The first kappa shape index (κ1) is 6.03. The van der Waals surface area contributed by atoms with Crippen molar-refractivity contribution in [3.63, 3.8) is 0 Å². The first-order valence-corrected chi connectivity index (χ1v) is 3.25. The summed E-state index contributed by atoms with van der Waals surface area (Å²) >= 11 is 0. The smallest absolute Gasteiger partial charge is 0.141 e. The van der Waals surface area contributed by atoms with E-state index in [1.165, 1.54) is 0 Å². The van der Waals surface area contributed by atoms with Gasteiger partial charge in [-0.25, -0.2) is 4.98 Å². The summed E-state index contributed by atoms with van der Waals surface area (Å²) in [5.41, 5.74) is 12.5. The van der Waals surface area contributed by atoms with Gasteiger partial charge in [-0.2, -0.15) is 0 Å². The number of nitrogens with two attached hydrogens (primary N) is 2. The Morgan fingerprint density at radius 2 is 2.18 bits per heavy atom. The van der Waals surface area contributed by atoms with Crippen LogP contribution in [-0.4, -0.2) is 9.38 Å². The minimum atomic E-state index is 0.510. The van der Waals surface area contributed by atoms with E-state index < -0.39 is 0 Å². The summed E-state index contributed by atoms with van der Waals surface area (Å²) in [6, 6.07) is 3.50. The van der Waals surface area contributed by atoms with Crippen LogP contribution in [0.3, 0.4) is 0 Å². The fourth-order valence-electron chi connectivity index (χ4n) is 1.02. The Morgan fingerprint density at radius 3 is 3.00 bits per heavy atom. The zero-order valence-corrected chi connectivity index (χ0v) is 5.86. The van der Waals surface area contributed by atoms with Crippen molar-refractivity contribution in [1.82, 2.24) is 9.38 Å². The van der Waals surface area contributed by atoms with Gasteiger partial charge >= 0.3 is 0 Å². The summed E-state index contributed by atoms with van der Waals surface area (Å²) in [6.07, 6.45) is 3.62. The SMILES string of the molecule is Nc1cc2nc(N)ccn2c1. The van der Waals surface area contributed by atoms with Gasteiger partial charge in [0.25, 0.3) is 0 Å². The van der Waals surface area contributed by atoms with Crippen LogP contribution >= 0.6 is 0 Å². The third kappa shape index (κ3) is 0.881. The fraction of sp³-hybridized carbons (Fsp3) is 0. The molecule has 0 saturated carbocycles. The molecule has 2 heterocycles. The summed E-state index contributed by atoms with van der Waals surface area (Å²) in [7, 11) is 0. The third-order valence-electron chi connectivity index (χ3n) is 1.50. The Hall–Kier alpha value is -1.71. The van der Waals surface area contributed by atoms with Gasteiger partial charge in [0.1, 0.15) is 11.5 Å². The van der Waals surface area contributed by atoms with E-state index in [0.29, 0.717) is 11.5 Å². The summed E-state index contributed by atoms with van der Waals surface area (Å²) in [6.45, 7) is 0. The monoisotopic (exact) mass is 148 g/mol. The Morgan fingerprint density at radius 1 is 1.36 bits per heavy atom. The molecule has 0 radical (unpaired) electrons. The molecule has 0 amide bonds. The molecule has 0 aromatic carbocycles. The number of anilines is 2. The van der Waals surface area contributed by atoms with Gasteiger partial charge in [0.05, 0.1) is 5.69 Å². The number of hydrogen-bond acceptors (Lipinski definition) is 3. The molecule has 0 atom stereocenters. The van der Waals surface area contributed by atoms with Gasteiger partial charge in [-0.3, -0.25) is 0 Å².